The molecule has 2 aromatic rings. The minimum Gasteiger partial charge on any atom is -0.330 e. The van der Waals surface area contributed by atoms with Gasteiger partial charge in [-0.05, 0) is 25.0 Å². The smallest absolute Gasteiger partial charge is 0.271 e. The van der Waals surface area contributed by atoms with Crippen LogP contribution in [0, 0.1) is 0 Å². The van der Waals surface area contributed by atoms with Crippen LogP contribution in [0.4, 0.5) is 0 Å². The zero-order valence-electron chi connectivity index (χ0n) is 13.0. The van der Waals surface area contributed by atoms with E-state index >= 15 is 0 Å². The van der Waals surface area contributed by atoms with Crippen LogP contribution in [0.1, 0.15) is 36.3 Å². The molecule has 1 amide bonds. The number of carbonyl (C=O) groups excluding carboxylic acids is 1. The van der Waals surface area contributed by atoms with Crippen molar-refractivity contribution in [2.75, 3.05) is 0 Å². The number of nitrogens with zero attached hydrogens (tertiary/aromatic N) is 2. The number of hydrogen-bond donors (Lipinski definition) is 0. The van der Waals surface area contributed by atoms with Crippen molar-refractivity contribution in [3.63, 3.8) is 0 Å². The lowest BCUT2D eigenvalue weighted by molar-refractivity contribution is 0.0661. The summed E-state index contributed by atoms with van der Waals surface area (Å²) in [6, 6.07) is 11.7. The Bertz CT molecular complexity index is 652. The molecule has 0 bridgehead atoms. The Balaban J connectivity index is 2.32. The number of carbonyl (C=O) groups is 1. The third-order valence-electron chi connectivity index (χ3n) is 3.91. The van der Waals surface area contributed by atoms with Gasteiger partial charge in [0.2, 0.25) is 0 Å². The molecule has 2 rings (SSSR count). The first-order valence-electron chi connectivity index (χ1n) is 7.31. The largest absolute Gasteiger partial charge is 0.330 e. The normalized spacial score (nSPS) is 12.2. The van der Waals surface area contributed by atoms with Crippen molar-refractivity contribution in [3.8, 4) is 0 Å². The SMILES string of the molecule is CCC(C)N(Cc1ccccc1)C(=O)c1cc(Cl)c(Cl)n1C. The lowest BCUT2D eigenvalue weighted by Crippen LogP contribution is -2.38. The molecule has 1 aromatic heterocycles. The molecule has 1 aromatic carbocycles. The highest BCUT2D eigenvalue weighted by Crippen LogP contribution is 2.27. The van der Waals surface area contributed by atoms with Gasteiger partial charge < -0.3 is 9.47 Å². The molecule has 0 spiro atoms. The van der Waals surface area contributed by atoms with E-state index in [0.717, 1.165) is 12.0 Å². The Labute approximate surface area is 141 Å². The van der Waals surface area contributed by atoms with Crippen molar-refractivity contribution in [1.82, 2.24) is 9.47 Å². The van der Waals surface area contributed by atoms with Crippen molar-refractivity contribution in [2.45, 2.75) is 32.9 Å². The van der Waals surface area contributed by atoms with Crippen molar-refractivity contribution >= 4 is 29.1 Å². The van der Waals surface area contributed by atoms with E-state index < -0.39 is 0 Å². The van der Waals surface area contributed by atoms with Crippen molar-refractivity contribution in [3.05, 3.63) is 57.8 Å². The molecule has 0 aliphatic carbocycles. The first-order valence-corrected chi connectivity index (χ1v) is 8.06. The number of amides is 1. The fourth-order valence-corrected chi connectivity index (χ4v) is 2.70. The number of benzene rings is 1. The van der Waals surface area contributed by atoms with Crippen LogP contribution >= 0.6 is 23.2 Å². The molecule has 1 heterocycles. The van der Waals surface area contributed by atoms with Gasteiger partial charge in [-0.15, -0.1) is 0 Å². The summed E-state index contributed by atoms with van der Waals surface area (Å²) in [5, 5.41) is 0.783. The van der Waals surface area contributed by atoms with E-state index in [9.17, 15) is 4.79 Å². The predicted octanol–water partition coefficient (Wildman–Crippen LogP) is 4.77. The third-order valence-corrected chi connectivity index (χ3v) is 4.76. The Morgan fingerprint density at radius 3 is 2.41 bits per heavy atom. The second kappa shape index (κ2) is 7.21. The van der Waals surface area contributed by atoms with Crippen molar-refractivity contribution in [1.29, 1.82) is 0 Å². The summed E-state index contributed by atoms with van der Waals surface area (Å²) in [6.45, 7) is 4.68. The lowest BCUT2D eigenvalue weighted by atomic mass is 10.1. The highest BCUT2D eigenvalue weighted by atomic mass is 35.5. The first-order chi connectivity index (χ1) is 10.5. The predicted molar refractivity (Wildman–Crippen MR) is 91.5 cm³/mol. The quantitative estimate of drug-likeness (QED) is 0.770. The average Bonchev–Trinajstić information content (AvgIpc) is 2.80. The van der Waals surface area contributed by atoms with Crippen molar-refractivity contribution < 1.29 is 4.79 Å². The van der Waals surface area contributed by atoms with E-state index in [1.54, 1.807) is 17.7 Å². The summed E-state index contributed by atoms with van der Waals surface area (Å²) >= 11 is 12.1. The van der Waals surface area contributed by atoms with Crippen LogP contribution in [0.15, 0.2) is 36.4 Å². The van der Waals surface area contributed by atoms with Gasteiger partial charge in [0, 0.05) is 19.6 Å². The third kappa shape index (κ3) is 3.47. The van der Waals surface area contributed by atoms with Crippen LogP contribution in [-0.2, 0) is 13.6 Å². The van der Waals surface area contributed by atoms with Crippen LogP contribution in [0.5, 0.6) is 0 Å². The second-order valence-electron chi connectivity index (χ2n) is 5.40. The average molecular weight is 339 g/mol. The maximum absolute atomic E-state index is 12.9. The van der Waals surface area contributed by atoms with Crippen LogP contribution in [0.2, 0.25) is 10.2 Å². The summed E-state index contributed by atoms with van der Waals surface area (Å²) in [7, 11) is 1.75. The molecule has 0 saturated carbocycles. The first kappa shape index (κ1) is 16.9. The van der Waals surface area contributed by atoms with Gasteiger partial charge in [0.25, 0.3) is 5.91 Å². The molecule has 0 aliphatic heterocycles. The van der Waals surface area contributed by atoms with E-state index in [2.05, 4.69) is 6.92 Å². The maximum Gasteiger partial charge on any atom is 0.271 e. The lowest BCUT2D eigenvalue weighted by Gasteiger charge is -2.29. The van der Waals surface area contributed by atoms with Gasteiger partial charge in [-0.1, -0.05) is 60.5 Å². The van der Waals surface area contributed by atoms with E-state index in [1.165, 1.54) is 0 Å². The summed E-state index contributed by atoms with van der Waals surface area (Å²) in [5.74, 6) is -0.0606. The van der Waals surface area contributed by atoms with Crippen LogP contribution < -0.4 is 0 Å². The molecule has 0 N–H and O–H groups in total. The minimum atomic E-state index is -0.0606. The number of rotatable bonds is 5. The van der Waals surface area contributed by atoms with Crippen LogP contribution in [0.25, 0.3) is 0 Å². The molecule has 22 heavy (non-hydrogen) atoms. The zero-order chi connectivity index (χ0) is 16.3. The Morgan fingerprint density at radius 2 is 1.91 bits per heavy atom. The van der Waals surface area contributed by atoms with Gasteiger partial charge in [-0.3, -0.25) is 4.79 Å². The summed E-state index contributed by atoms with van der Waals surface area (Å²) < 4.78 is 1.63. The van der Waals surface area contributed by atoms with Gasteiger partial charge in [0.15, 0.2) is 0 Å². The van der Waals surface area contributed by atoms with Gasteiger partial charge in [-0.25, -0.2) is 0 Å². The van der Waals surface area contributed by atoms with Crippen LogP contribution in [0.3, 0.4) is 0 Å². The summed E-state index contributed by atoms with van der Waals surface area (Å²) in [6.07, 6.45) is 0.879. The summed E-state index contributed by atoms with van der Waals surface area (Å²) in [4.78, 5) is 14.8. The van der Waals surface area contributed by atoms with E-state index in [0.29, 0.717) is 22.4 Å². The molecular formula is C17H20Cl2N2O. The molecule has 0 fully saturated rings. The zero-order valence-corrected chi connectivity index (χ0v) is 14.5. The van der Waals surface area contributed by atoms with Gasteiger partial charge in [-0.2, -0.15) is 0 Å². The molecule has 3 nitrogen and oxygen atoms in total. The number of hydrogen-bond acceptors (Lipinski definition) is 1. The molecule has 1 atom stereocenters. The molecule has 118 valence electrons. The highest BCUT2D eigenvalue weighted by Gasteiger charge is 2.24. The second-order valence-corrected chi connectivity index (χ2v) is 6.17. The Kier molecular flexibility index (Phi) is 5.54. The van der Waals surface area contributed by atoms with Crippen LogP contribution in [-0.4, -0.2) is 21.4 Å². The molecule has 0 aliphatic rings. The summed E-state index contributed by atoms with van der Waals surface area (Å²) in [5.41, 5.74) is 1.61. The molecule has 0 radical (unpaired) electrons. The van der Waals surface area contributed by atoms with E-state index in [-0.39, 0.29) is 11.9 Å². The fourth-order valence-electron chi connectivity index (χ4n) is 2.32. The monoisotopic (exact) mass is 338 g/mol. The molecule has 5 heteroatoms. The van der Waals surface area contributed by atoms with E-state index in [1.807, 2.05) is 42.2 Å². The standard InChI is InChI=1S/C17H20Cl2N2O/c1-4-12(2)21(11-13-8-6-5-7-9-13)17(22)15-10-14(18)16(19)20(15)3/h5-10,12H,4,11H2,1-3H3. The highest BCUT2D eigenvalue weighted by molar-refractivity contribution is 6.41. The van der Waals surface area contributed by atoms with Gasteiger partial charge >= 0.3 is 0 Å². The van der Waals surface area contributed by atoms with Gasteiger partial charge in [0.05, 0.1) is 5.02 Å². The Hall–Kier alpha value is -1.45. The topological polar surface area (TPSA) is 25.2 Å². The molecule has 1 unspecified atom stereocenters. The molecular weight excluding hydrogens is 319 g/mol. The number of halogens is 2. The van der Waals surface area contributed by atoms with E-state index in [4.69, 9.17) is 23.2 Å². The number of aromatic nitrogens is 1. The van der Waals surface area contributed by atoms with Crippen molar-refractivity contribution in [2.24, 2.45) is 7.05 Å². The fraction of sp³-hybridized carbons (Fsp3) is 0.353. The maximum atomic E-state index is 12.9. The Morgan fingerprint density at radius 1 is 1.27 bits per heavy atom. The molecule has 0 saturated heterocycles. The van der Waals surface area contributed by atoms with Gasteiger partial charge in [0.1, 0.15) is 10.8 Å². The minimum absolute atomic E-state index is 0.0606.